The van der Waals surface area contributed by atoms with Crippen LogP contribution in [0.3, 0.4) is 0 Å². The number of hydrogen-bond acceptors (Lipinski definition) is 1. The fourth-order valence-electron chi connectivity index (χ4n) is 3.11. The molecule has 0 rings (SSSR count). The van der Waals surface area contributed by atoms with Gasteiger partial charge in [0.25, 0.3) is 0 Å². The molecule has 0 aromatic rings. The highest BCUT2D eigenvalue weighted by Crippen LogP contribution is 2.14. The zero-order valence-electron chi connectivity index (χ0n) is 15.7. The number of carbonyl (C=O) groups excluding carboxylic acids is 1. The second kappa shape index (κ2) is 20.0. The maximum absolute atomic E-state index is 11.0. The molecule has 0 spiro atoms. The van der Waals surface area contributed by atoms with Crippen LogP contribution in [0.1, 0.15) is 122 Å². The Balaban J connectivity index is 2.99. The average Bonchev–Trinajstić information content (AvgIpc) is 2.57. The number of unbranched alkanes of at least 4 members (excludes halogenated alkanes) is 16. The molecule has 2 heteroatoms. The molecule has 0 bridgehead atoms. The molecule has 0 aliphatic heterocycles. The van der Waals surface area contributed by atoms with E-state index >= 15 is 0 Å². The van der Waals surface area contributed by atoms with Crippen molar-refractivity contribution < 1.29 is 4.79 Å². The molecule has 0 amide bonds. The first-order valence-electron chi connectivity index (χ1n) is 10.4. The molecule has 1 nitrogen and oxygen atoms in total. The second-order valence-corrected chi connectivity index (χ2v) is 7.35. The van der Waals surface area contributed by atoms with Crippen LogP contribution in [0.15, 0.2) is 0 Å². The Kier molecular flexibility index (Phi) is 20.0. The van der Waals surface area contributed by atoms with Crippen LogP contribution in [-0.4, -0.2) is 11.7 Å². The molecule has 23 heavy (non-hydrogen) atoms. The van der Waals surface area contributed by atoms with Crippen LogP contribution in [0.2, 0.25) is 0 Å². The van der Waals surface area contributed by atoms with Gasteiger partial charge in [-0.15, -0.1) is 11.6 Å². The molecular weight excluding hydrogens is 304 g/mol. The van der Waals surface area contributed by atoms with E-state index in [0.29, 0.717) is 6.42 Å². The van der Waals surface area contributed by atoms with Gasteiger partial charge in [0.1, 0.15) is 5.78 Å². The van der Waals surface area contributed by atoms with Crippen molar-refractivity contribution in [2.24, 2.45) is 0 Å². The Bertz CT molecular complexity index is 240. The summed E-state index contributed by atoms with van der Waals surface area (Å²) in [6.45, 7) is 2.28. The van der Waals surface area contributed by atoms with Crippen molar-refractivity contribution >= 4 is 17.4 Å². The molecule has 0 N–H and O–H groups in total. The van der Waals surface area contributed by atoms with Gasteiger partial charge in [0.05, 0.1) is 5.88 Å². The molecule has 0 saturated carbocycles. The monoisotopic (exact) mass is 344 g/mol. The van der Waals surface area contributed by atoms with Crippen molar-refractivity contribution in [3.63, 3.8) is 0 Å². The molecule has 0 fully saturated rings. The number of hydrogen-bond donors (Lipinski definition) is 0. The van der Waals surface area contributed by atoms with Gasteiger partial charge in [-0.2, -0.15) is 0 Å². The van der Waals surface area contributed by atoms with Gasteiger partial charge < -0.3 is 0 Å². The van der Waals surface area contributed by atoms with E-state index in [1.54, 1.807) is 0 Å². The van der Waals surface area contributed by atoms with E-state index in [2.05, 4.69) is 6.92 Å². The lowest BCUT2D eigenvalue weighted by atomic mass is 10.0. The summed E-state index contributed by atoms with van der Waals surface area (Å²) in [7, 11) is 0. The van der Waals surface area contributed by atoms with Crippen molar-refractivity contribution in [3.05, 3.63) is 0 Å². The molecule has 0 radical (unpaired) electrons. The largest absolute Gasteiger partial charge is 0.298 e. The highest BCUT2D eigenvalue weighted by molar-refractivity contribution is 6.27. The minimum absolute atomic E-state index is 0.193. The van der Waals surface area contributed by atoms with Gasteiger partial charge in [-0.25, -0.2) is 0 Å². The van der Waals surface area contributed by atoms with Crippen molar-refractivity contribution in [2.45, 2.75) is 122 Å². The maximum Gasteiger partial charge on any atom is 0.147 e. The van der Waals surface area contributed by atoms with Crippen LogP contribution >= 0.6 is 11.6 Å². The molecule has 0 aliphatic carbocycles. The van der Waals surface area contributed by atoms with Crippen molar-refractivity contribution in [2.75, 3.05) is 5.88 Å². The Labute approximate surface area is 151 Å². The van der Waals surface area contributed by atoms with Crippen molar-refractivity contribution in [1.29, 1.82) is 0 Å². The number of rotatable bonds is 19. The predicted octanol–water partition coefficient (Wildman–Crippen LogP) is 7.84. The fourth-order valence-corrected chi connectivity index (χ4v) is 3.25. The van der Waals surface area contributed by atoms with E-state index in [1.165, 1.54) is 103 Å². The zero-order valence-corrected chi connectivity index (χ0v) is 16.5. The summed E-state index contributed by atoms with van der Waals surface area (Å²) < 4.78 is 0. The molecule has 138 valence electrons. The first kappa shape index (κ1) is 23.0. The Morgan fingerprint density at radius 2 is 0.870 bits per heavy atom. The standard InChI is InChI=1S/C21H41ClO/c1-2-3-4-5-6-7-8-9-10-11-12-13-14-15-16-17-18-19-21(23)20-22/h2-20H2,1H3. The fraction of sp³-hybridized carbons (Fsp3) is 0.952. The molecule has 0 unspecified atom stereocenters. The normalized spacial score (nSPS) is 11.0. The van der Waals surface area contributed by atoms with Gasteiger partial charge in [-0.1, -0.05) is 110 Å². The van der Waals surface area contributed by atoms with Crippen LogP contribution in [0, 0.1) is 0 Å². The minimum Gasteiger partial charge on any atom is -0.298 e. The lowest BCUT2D eigenvalue weighted by Gasteiger charge is -2.03. The predicted molar refractivity (Wildman–Crippen MR) is 105 cm³/mol. The van der Waals surface area contributed by atoms with Gasteiger partial charge >= 0.3 is 0 Å². The molecule has 0 heterocycles. The first-order chi connectivity index (χ1) is 11.3. The lowest BCUT2D eigenvalue weighted by molar-refractivity contribution is -0.116. The van der Waals surface area contributed by atoms with Gasteiger partial charge in [0.2, 0.25) is 0 Å². The summed E-state index contributed by atoms with van der Waals surface area (Å²) in [4.78, 5) is 11.0. The summed E-state index contributed by atoms with van der Waals surface area (Å²) >= 11 is 5.48. The van der Waals surface area contributed by atoms with E-state index in [-0.39, 0.29) is 11.7 Å². The Hall–Kier alpha value is -0.0400. The van der Waals surface area contributed by atoms with E-state index in [4.69, 9.17) is 11.6 Å². The smallest absolute Gasteiger partial charge is 0.147 e. The average molecular weight is 345 g/mol. The summed E-state index contributed by atoms with van der Waals surface area (Å²) in [5, 5.41) is 0. The summed E-state index contributed by atoms with van der Waals surface area (Å²) in [6, 6.07) is 0. The second-order valence-electron chi connectivity index (χ2n) is 7.08. The lowest BCUT2D eigenvalue weighted by Crippen LogP contribution is -1.98. The first-order valence-corrected chi connectivity index (χ1v) is 10.9. The van der Waals surface area contributed by atoms with Crippen LogP contribution in [0.25, 0.3) is 0 Å². The van der Waals surface area contributed by atoms with E-state index in [0.717, 1.165) is 6.42 Å². The topological polar surface area (TPSA) is 17.1 Å². The van der Waals surface area contributed by atoms with Gasteiger partial charge in [-0.05, 0) is 6.42 Å². The zero-order chi connectivity index (χ0) is 17.0. The van der Waals surface area contributed by atoms with E-state index < -0.39 is 0 Å². The third-order valence-corrected chi connectivity index (χ3v) is 5.01. The quantitative estimate of drug-likeness (QED) is 0.172. The molecule has 0 aromatic heterocycles. The third kappa shape index (κ3) is 19.9. The number of alkyl halides is 1. The molecule has 0 aliphatic rings. The van der Waals surface area contributed by atoms with Crippen LogP contribution in [-0.2, 0) is 4.79 Å². The van der Waals surface area contributed by atoms with Crippen LogP contribution in [0.5, 0.6) is 0 Å². The van der Waals surface area contributed by atoms with Crippen LogP contribution in [0.4, 0.5) is 0 Å². The number of ketones is 1. The highest BCUT2D eigenvalue weighted by Gasteiger charge is 1.99. The summed E-state index contributed by atoms with van der Waals surface area (Å²) in [5.74, 6) is 0.395. The summed E-state index contributed by atoms with van der Waals surface area (Å²) in [5.41, 5.74) is 0. The molecular formula is C21H41ClO. The van der Waals surface area contributed by atoms with Gasteiger partial charge in [-0.3, -0.25) is 4.79 Å². The number of carbonyl (C=O) groups is 1. The Morgan fingerprint density at radius 3 is 1.17 bits per heavy atom. The molecule has 0 saturated heterocycles. The maximum atomic E-state index is 11.0. The van der Waals surface area contributed by atoms with E-state index in [9.17, 15) is 4.79 Å². The van der Waals surface area contributed by atoms with Crippen LogP contribution < -0.4 is 0 Å². The van der Waals surface area contributed by atoms with E-state index in [1.807, 2.05) is 0 Å². The third-order valence-electron chi connectivity index (χ3n) is 4.71. The molecule has 0 atom stereocenters. The Morgan fingerprint density at radius 1 is 0.565 bits per heavy atom. The minimum atomic E-state index is 0.193. The number of halogens is 1. The van der Waals surface area contributed by atoms with Crippen molar-refractivity contribution in [1.82, 2.24) is 0 Å². The van der Waals surface area contributed by atoms with Gasteiger partial charge in [0, 0.05) is 6.42 Å². The summed E-state index contributed by atoms with van der Waals surface area (Å²) in [6.07, 6.45) is 24.1. The van der Waals surface area contributed by atoms with Crippen molar-refractivity contribution in [3.8, 4) is 0 Å². The highest BCUT2D eigenvalue weighted by atomic mass is 35.5. The SMILES string of the molecule is CCCCCCCCCCCCCCCCCCCC(=O)CCl. The number of Topliss-reactive ketones (excluding diaryl/α,β-unsaturated/α-hetero) is 1. The molecule has 0 aromatic carbocycles. The van der Waals surface area contributed by atoms with Gasteiger partial charge in [0.15, 0.2) is 0 Å².